The van der Waals surface area contributed by atoms with Gasteiger partial charge in [-0.05, 0) is 19.1 Å². The molecule has 0 fully saturated rings. The van der Waals surface area contributed by atoms with Crippen molar-refractivity contribution in [1.29, 1.82) is 0 Å². The molecule has 1 aromatic heterocycles. The molecule has 0 atom stereocenters. The molecule has 17 heavy (non-hydrogen) atoms. The Morgan fingerprint density at radius 3 is 2.41 bits per heavy atom. The topological polar surface area (TPSA) is 25.8 Å². The quantitative estimate of drug-likeness (QED) is 0.595. The van der Waals surface area contributed by atoms with E-state index in [2.05, 4.69) is 16.5 Å². The number of aromatic nitrogens is 2. The van der Waals surface area contributed by atoms with Crippen LogP contribution in [0.2, 0.25) is 0 Å². The third kappa shape index (κ3) is 5.40. The van der Waals surface area contributed by atoms with Gasteiger partial charge in [-0.25, -0.2) is 9.97 Å². The van der Waals surface area contributed by atoms with Crippen molar-refractivity contribution >= 4 is 28.6 Å². The van der Waals surface area contributed by atoms with Gasteiger partial charge in [0.1, 0.15) is 0 Å². The van der Waals surface area contributed by atoms with E-state index in [1.807, 2.05) is 25.1 Å². The number of para-hydroxylation sites is 2. The summed E-state index contributed by atoms with van der Waals surface area (Å²) < 4.78 is 12.5. The van der Waals surface area contributed by atoms with Crippen molar-refractivity contribution in [3.8, 4) is 0 Å². The van der Waals surface area contributed by atoms with E-state index >= 15 is 0 Å². The zero-order valence-electron chi connectivity index (χ0n) is 9.60. The zero-order chi connectivity index (χ0) is 11.8. The van der Waals surface area contributed by atoms with E-state index in [1.165, 1.54) is 0 Å². The number of allylic oxidation sites excluding steroid dienone is 3. The minimum absolute atomic E-state index is 0. The number of fused-ring (bicyclic) bond motifs is 1. The van der Waals surface area contributed by atoms with Crippen molar-refractivity contribution in [3.63, 3.8) is 0 Å². The second kappa shape index (κ2) is 8.64. The number of benzene rings is 1. The fraction of sp³-hybridized carbons (Fsp3) is 0.0769. The smallest absolute Gasteiger partial charge is 0.231 e. The summed E-state index contributed by atoms with van der Waals surface area (Å²) in [6.45, 7) is 5.42. The van der Waals surface area contributed by atoms with E-state index in [0.717, 1.165) is 6.20 Å². The van der Waals surface area contributed by atoms with Crippen molar-refractivity contribution in [1.82, 2.24) is 9.97 Å². The number of hydrogen-bond donors (Lipinski definition) is 0. The summed E-state index contributed by atoms with van der Waals surface area (Å²) in [5.74, 6) is -0.538. The Morgan fingerprint density at radius 1 is 1.24 bits per heavy atom. The first kappa shape index (κ1) is 15.5. The Bertz CT molecular complexity index is 497. The molecule has 86 valence electrons. The molecular weight excluding hydrogens is 276 g/mol. The van der Waals surface area contributed by atoms with Crippen LogP contribution in [0.1, 0.15) is 6.92 Å². The first-order chi connectivity index (χ1) is 7.77. The second-order valence-electron chi connectivity index (χ2n) is 2.94. The Kier molecular flexibility index (Phi) is 7.88. The molecule has 0 saturated carbocycles. The number of halogens is 1. The van der Waals surface area contributed by atoms with Gasteiger partial charge in [-0.3, -0.25) is 0 Å². The number of nitrogens with zero attached hydrogens (tertiary/aromatic N) is 2. The molecule has 4 heteroatoms. The van der Waals surface area contributed by atoms with Gasteiger partial charge >= 0.3 is 0 Å². The van der Waals surface area contributed by atoms with Crippen molar-refractivity contribution in [3.05, 3.63) is 61.2 Å². The maximum absolute atomic E-state index is 12.5. The van der Waals surface area contributed by atoms with Crippen molar-refractivity contribution in [2.24, 2.45) is 0 Å². The van der Waals surface area contributed by atoms with Gasteiger partial charge in [0, 0.05) is 17.6 Å². The minimum Gasteiger partial charge on any atom is -0.250 e. The molecule has 0 saturated heterocycles. The summed E-state index contributed by atoms with van der Waals surface area (Å²) in [6, 6.07) is 7.17. The molecule has 0 amide bonds. The van der Waals surface area contributed by atoms with Gasteiger partial charge in [-0.2, -0.15) is 4.39 Å². The van der Waals surface area contributed by atoms with Crippen LogP contribution >= 0.6 is 0 Å². The van der Waals surface area contributed by atoms with E-state index in [-0.39, 0.29) is 17.6 Å². The van der Waals surface area contributed by atoms with Gasteiger partial charge in [-0.1, -0.05) is 36.9 Å². The van der Waals surface area contributed by atoms with Crippen molar-refractivity contribution in [2.45, 2.75) is 6.92 Å². The Labute approximate surface area is 111 Å². The third-order valence-corrected chi connectivity index (χ3v) is 1.75. The molecule has 1 aromatic carbocycles. The SMILES string of the molecule is C=CC=CC.Fc1cnc2ccccc2n1.[Ge]. The van der Waals surface area contributed by atoms with E-state index in [0.29, 0.717) is 11.0 Å². The largest absolute Gasteiger partial charge is 0.250 e. The first-order valence-corrected chi connectivity index (χ1v) is 4.89. The molecule has 0 spiro atoms. The van der Waals surface area contributed by atoms with Gasteiger partial charge in [0.25, 0.3) is 0 Å². The summed E-state index contributed by atoms with van der Waals surface area (Å²) in [4.78, 5) is 7.49. The monoisotopic (exact) mass is 290 g/mol. The predicted octanol–water partition coefficient (Wildman–Crippen LogP) is 3.14. The Hall–Kier alpha value is -1.49. The summed E-state index contributed by atoms with van der Waals surface area (Å²) in [6.07, 6.45) is 6.69. The molecule has 0 bridgehead atoms. The molecule has 0 N–H and O–H groups in total. The van der Waals surface area contributed by atoms with Crippen LogP contribution in [0.5, 0.6) is 0 Å². The Balaban J connectivity index is 0.000000373. The summed E-state index contributed by atoms with van der Waals surface area (Å²) in [5, 5.41) is 0. The summed E-state index contributed by atoms with van der Waals surface area (Å²) in [5.41, 5.74) is 1.31. The maximum atomic E-state index is 12.5. The number of hydrogen-bond acceptors (Lipinski definition) is 2. The average molecular weight is 289 g/mol. The van der Waals surface area contributed by atoms with Gasteiger partial charge in [0.2, 0.25) is 5.95 Å². The third-order valence-electron chi connectivity index (χ3n) is 1.75. The average Bonchev–Trinajstić information content (AvgIpc) is 2.31. The van der Waals surface area contributed by atoms with E-state index < -0.39 is 5.95 Å². The van der Waals surface area contributed by atoms with Crippen LogP contribution in [0.4, 0.5) is 4.39 Å². The van der Waals surface area contributed by atoms with Crippen molar-refractivity contribution < 1.29 is 4.39 Å². The van der Waals surface area contributed by atoms with Crippen LogP contribution in [-0.4, -0.2) is 27.6 Å². The summed E-state index contributed by atoms with van der Waals surface area (Å²) in [7, 11) is 0. The molecule has 2 nitrogen and oxygen atoms in total. The Morgan fingerprint density at radius 2 is 1.88 bits per heavy atom. The van der Waals surface area contributed by atoms with Gasteiger partial charge in [-0.15, -0.1) is 0 Å². The number of rotatable bonds is 1. The van der Waals surface area contributed by atoms with E-state index in [4.69, 9.17) is 0 Å². The van der Waals surface area contributed by atoms with Crippen LogP contribution in [0.3, 0.4) is 0 Å². The van der Waals surface area contributed by atoms with Gasteiger partial charge < -0.3 is 0 Å². The molecule has 4 radical (unpaired) electrons. The van der Waals surface area contributed by atoms with E-state index in [9.17, 15) is 4.39 Å². The predicted molar refractivity (Wildman–Crippen MR) is 70.3 cm³/mol. The standard InChI is InChI=1S/C8H5FN2.C5H8.Ge/c9-8-5-10-6-3-1-2-4-7(6)11-8;1-3-5-4-2;/h1-5H;3-5H,1H2,2H3;. The van der Waals surface area contributed by atoms with Crippen LogP contribution in [0, 0.1) is 5.95 Å². The zero-order valence-corrected chi connectivity index (χ0v) is 11.7. The molecule has 1 heterocycles. The van der Waals surface area contributed by atoms with Crippen LogP contribution in [0.15, 0.2) is 55.3 Å². The van der Waals surface area contributed by atoms with Gasteiger partial charge in [0.05, 0.1) is 17.2 Å². The van der Waals surface area contributed by atoms with E-state index in [1.54, 1.807) is 24.3 Å². The second-order valence-corrected chi connectivity index (χ2v) is 2.94. The first-order valence-electron chi connectivity index (χ1n) is 4.89. The maximum Gasteiger partial charge on any atom is 0.231 e. The van der Waals surface area contributed by atoms with Crippen LogP contribution in [-0.2, 0) is 0 Å². The molecule has 0 unspecified atom stereocenters. The molecule has 0 aliphatic carbocycles. The molecular formula is C13H13FGeN2. The molecule has 2 rings (SSSR count). The van der Waals surface area contributed by atoms with Gasteiger partial charge in [0.15, 0.2) is 0 Å². The minimum atomic E-state index is -0.538. The summed E-state index contributed by atoms with van der Waals surface area (Å²) >= 11 is 0. The normalized spacial score (nSPS) is 9.29. The fourth-order valence-electron chi connectivity index (χ4n) is 1.07. The van der Waals surface area contributed by atoms with Crippen molar-refractivity contribution in [2.75, 3.05) is 0 Å². The fourth-order valence-corrected chi connectivity index (χ4v) is 1.07. The molecule has 2 aromatic rings. The molecule has 0 aliphatic heterocycles. The molecule has 0 aliphatic rings. The van der Waals surface area contributed by atoms with Crippen LogP contribution in [0.25, 0.3) is 11.0 Å². The van der Waals surface area contributed by atoms with Crippen LogP contribution < -0.4 is 0 Å².